The van der Waals surface area contributed by atoms with Crippen molar-refractivity contribution in [3.05, 3.63) is 71.8 Å². The molecule has 0 aliphatic rings. The second-order valence-electron chi connectivity index (χ2n) is 7.71. The largest absolute Gasteiger partial charge is 0.468 e. The standard InChI is InChI=1S/C26H36O2/c1-3-4-5-6-7-8-9-10-17-22-26(25(27)28-2,23-18-13-11-14-19-23)24-20-15-12-16-21-24/h11-16,18-21H,3-10,17,22H2,1-2H3. The predicted molar refractivity (Wildman–Crippen MR) is 118 cm³/mol. The second-order valence-corrected chi connectivity index (χ2v) is 7.71. The van der Waals surface area contributed by atoms with Gasteiger partial charge in [0, 0.05) is 0 Å². The van der Waals surface area contributed by atoms with E-state index >= 15 is 0 Å². The molecular formula is C26H36O2. The smallest absolute Gasteiger partial charge is 0.320 e. The molecule has 0 radical (unpaired) electrons. The molecule has 0 fully saturated rings. The lowest BCUT2D eigenvalue weighted by molar-refractivity contribution is -0.146. The zero-order valence-electron chi connectivity index (χ0n) is 17.7. The van der Waals surface area contributed by atoms with E-state index in [1.807, 2.05) is 36.4 Å². The van der Waals surface area contributed by atoms with Gasteiger partial charge in [-0.05, 0) is 17.5 Å². The molecule has 0 spiro atoms. The summed E-state index contributed by atoms with van der Waals surface area (Å²) in [6, 6.07) is 20.2. The molecular weight excluding hydrogens is 344 g/mol. The zero-order valence-corrected chi connectivity index (χ0v) is 17.7. The maximum atomic E-state index is 13.1. The first-order valence-electron chi connectivity index (χ1n) is 10.9. The van der Waals surface area contributed by atoms with Crippen molar-refractivity contribution in [3.63, 3.8) is 0 Å². The molecule has 28 heavy (non-hydrogen) atoms. The van der Waals surface area contributed by atoms with Gasteiger partial charge in [0.15, 0.2) is 0 Å². The van der Waals surface area contributed by atoms with Crippen LogP contribution in [0.2, 0.25) is 0 Å². The first-order chi connectivity index (χ1) is 13.8. The Labute approximate surface area is 171 Å². The summed E-state index contributed by atoms with van der Waals surface area (Å²) in [5, 5.41) is 0. The highest BCUT2D eigenvalue weighted by molar-refractivity contribution is 5.87. The van der Waals surface area contributed by atoms with E-state index in [2.05, 4.69) is 31.2 Å². The van der Waals surface area contributed by atoms with E-state index < -0.39 is 5.41 Å². The monoisotopic (exact) mass is 380 g/mol. The number of methoxy groups -OCH3 is 1. The van der Waals surface area contributed by atoms with Crippen LogP contribution in [0.4, 0.5) is 0 Å². The molecule has 2 heteroatoms. The van der Waals surface area contributed by atoms with Crippen LogP contribution >= 0.6 is 0 Å². The molecule has 2 aromatic carbocycles. The molecule has 0 N–H and O–H groups in total. The van der Waals surface area contributed by atoms with Gasteiger partial charge in [0.1, 0.15) is 5.41 Å². The molecule has 0 aliphatic heterocycles. The summed E-state index contributed by atoms with van der Waals surface area (Å²) in [7, 11) is 1.50. The molecule has 2 rings (SSSR count). The van der Waals surface area contributed by atoms with Crippen molar-refractivity contribution >= 4 is 5.97 Å². The third-order valence-corrected chi connectivity index (χ3v) is 5.72. The molecule has 0 unspecified atom stereocenters. The summed E-state index contributed by atoms with van der Waals surface area (Å²) < 4.78 is 5.32. The van der Waals surface area contributed by atoms with Crippen molar-refractivity contribution in [2.75, 3.05) is 7.11 Å². The number of hydrogen-bond donors (Lipinski definition) is 0. The van der Waals surface area contributed by atoms with Crippen LogP contribution in [-0.2, 0) is 14.9 Å². The number of esters is 1. The molecule has 0 bridgehead atoms. The highest BCUT2D eigenvalue weighted by Gasteiger charge is 2.42. The van der Waals surface area contributed by atoms with Gasteiger partial charge >= 0.3 is 5.97 Å². The van der Waals surface area contributed by atoms with Crippen molar-refractivity contribution in [1.82, 2.24) is 0 Å². The first-order valence-corrected chi connectivity index (χ1v) is 10.9. The molecule has 0 amide bonds. The average molecular weight is 381 g/mol. The van der Waals surface area contributed by atoms with Crippen molar-refractivity contribution in [3.8, 4) is 0 Å². The van der Waals surface area contributed by atoms with Crippen molar-refractivity contribution in [1.29, 1.82) is 0 Å². The predicted octanol–water partition coefficient (Wildman–Crippen LogP) is 7.07. The Kier molecular flexibility index (Phi) is 9.82. The molecule has 2 nitrogen and oxygen atoms in total. The Balaban J connectivity index is 2.06. The Morgan fingerprint density at radius 1 is 0.714 bits per heavy atom. The van der Waals surface area contributed by atoms with Gasteiger partial charge in [0.25, 0.3) is 0 Å². The fourth-order valence-electron chi connectivity index (χ4n) is 4.11. The van der Waals surface area contributed by atoms with Gasteiger partial charge < -0.3 is 4.74 Å². The fourth-order valence-corrected chi connectivity index (χ4v) is 4.11. The number of benzene rings is 2. The Morgan fingerprint density at radius 2 is 1.14 bits per heavy atom. The Hall–Kier alpha value is -2.09. The third-order valence-electron chi connectivity index (χ3n) is 5.72. The van der Waals surface area contributed by atoms with E-state index in [0.29, 0.717) is 0 Å². The van der Waals surface area contributed by atoms with Crippen LogP contribution in [-0.4, -0.2) is 13.1 Å². The van der Waals surface area contributed by atoms with E-state index in [4.69, 9.17) is 4.74 Å². The molecule has 0 saturated carbocycles. The summed E-state index contributed by atoms with van der Waals surface area (Å²) in [4.78, 5) is 13.1. The number of carbonyl (C=O) groups excluding carboxylic acids is 1. The van der Waals surface area contributed by atoms with Gasteiger partial charge in [-0.3, -0.25) is 4.79 Å². The Morgan fingerprint density at radius 3 is 1.57 bits per heavy atom. The zero-order chi connectivity index (χ0) is 20.1. The van der Waals surface area contributed by atoms with Gasteiger partial charge in [-0.25, -0.2) is 0 Å². The minimum atomic E-state index is -0.724. The van der Waals surface area contributed by atoms with Crippen LogP contribution in [0.1, 0.15) is 82.3 Å². The van der Waals surface area contributed by atoms with Crippen LogP contribution in [0, 0.1) is 0 Å². The minimum absolute atomic E-state index is 0.163. The summed E-state index contributed by atoms with van der Waals surface area (Å²) in [6.45, 7) is 2.26. The van der Waals surface area contributed by atoms with Gasteiger partial charge in [-0.15, -0.1) is 0 Å². The van der Waals surface area contributed by atoms with Gasteiger partial charge in [0.05, 0.1) is 7.11 Å². The molecule has 0 atom stereocenters. The van der Waals surface area contributed by atoms with Crippen molar-refractivity contribution < 1.29 is 9.53 Å². The van der Waals surface area contributed by atoms with Crippen LogP contribution in [0.25, 0.3) is 0 Å². The van der Waals surface area contributed by atoms with Gasteiger partial charge in [-0.1, -0.05) is 125 Å². The number of unbranched alkanes of at least 4 members (excludes halogenated alkanes) is 8. The number of rotatable bonds is 13. The van der Waals surface area contributed by atoms with Crippen LogP contribution in [0.5, 0.6) is 0 Å². The normalized spacial score (nSPS) is 11.4. The van der Waals surface area contributed by atoms with Crippen LogP contribution in [0.3, 0.4) is 0 Å². The van der Waals surface area contributed by atoms with E-state index in [1.54, 1.807) is 0 Å². The van der Waals surface area contributed by atoms with Gasteiger partial charge in [0.2, 0.25) is 0 Å². The summed E-state index contributed by atoms with van der Waals surface area (Å²) in [6.07, 6.45) is 12.2. The average Bonchev–Trinajstić information content (AvgIpc) is 2.76. The lowest BCUT2D eigenvalue weighted by atomic mass is 9.71. The maximum absolute atomic E-state index is 13.1. The van der Waals surface area contributed by atoms with E-state index in [-0.39, 0.29) is 5.97 Å². The van der Waals surface area contributed by atoms with E-state index in [9.17, 15) is 4.79 Å². The quantitative estimate of drug-likeness (QED) is 0.274. The van der Waals surface area contributed by atoms with Crippen LogP contribution < -0.4 is 0 Å². The number of hydrogen-bond acceptors (Lipinski definition) is 2. The third kappa shape index (κ3) is 5.95. The molecule has 0 saturated heterocycles. The summed E-state index contributed by atoms with van der Waals surface area (Å²) in [5.41, 5.74) is 1.32. The SMILES string of the molecule is CCCCCCCCCCCC(C(=O)OC)(c1ccccc1)c1ccccc1. The van der Waals surface area contributed by atoms with Crippen LogP contribution in [0.15, 0.2) is 60.7 Å². The lowest BCUT2D eigenvalue weighted by Crippen LogP contribution is -2.38. The lowest BCUT2D eigenvalue weighted by Gasteiger charge is -2.32. The van der Waals surface area contributed by atoms with Crippen molar-refractivity contribution in [2.45, 2.75) is 76.5 Å². The fraction of sp³-hybridized carbons (Fsp3) is 0.500. The molecule has 0 heterocycles. The van der Waals surface area contributed by atoms with E-state index in [0.717, 1.165) is 30.4 Å². The summed E-state index contributed by atoms with van der Waals surface area (Å²) in [5.74, 6) is -0.163. The minimum Gasteiger partial charge on any atom is -0.468 e. The molecule has 152 valence electrons. The van der Waals surface area contributed by atoms with Crippen molar-refractivity contribution in [2.24, 2.45) is 0 Å². The first kappa shape index (κ1) is 22.2. The maximum Gasteiger partial charge on any atom is 0.320 e. The highest BCUT2D eigenvalue weighted by atomic mass is 16.5. The molecule has 0 aliphatic carbocycles. The van der Waals surface area contributed by atoms with E-state index in [1.165, 1.54) is 52.1 Å². The Bertz CT molecular complexity index is 624. The summed E-state index contributed by atoms with van der Waals surface area (Å²) >= 11 is 0. The molecule has 0 aromatic heterocycles. The topological polar surface area (TPSA) is 26.3 Å². The number of carbonyl (C=O) groups is 1. The highest BCUT2D eigenvalue weighted by Crippen LogP contribution is 2.38. The van der Waals surface area contributed by atoms with Gasteiger partial charge in [-0.2, -0.15) is 0 Å². The second kappa shape index (κ2) is 12.4. The molecule has 2 aromatic rings. The number of ether oxygens (including phenoxy) is 1.